The molecule has 1 fully saturated rings. The number of ketones is 1. The summed E-state index contributed by atoms with van der Waals surface area (Å²) in [7, 11) is 0. The number of carbonyl (C=O) groups excluding carboxylic acids is 4. The van der Waals surface area contributed by atoms with E-state index in [1.165, 1.54) is 16.7 Å². The average Bonchev–Trinajstić information content (AvgIpc) is 2.90. The Morgan fingerprint density at radius 3 is 2.29 bits per heavy atom. The van der Waals surface area contributed by atoms with Gasteiger partial charge in [-0.25, -0.2) is 4.79 Å². The van der Waals surface area contributed by atoms with E-state index in [0.29, 0.717) is 0 Å². The summed E-state index contributed by atoms with van der Waals surface area (Å²) in [5, 5.41) is 10.6. The lowest BCUT2D eigenvalue weighted by Crippen LogP contribution is -2.70. The van der Waals surface area contributed by atoms with Crippen LogP contribution in [0, 0.1) is 11.3 Å². The molecule has 0 spiro atoms. The van der Waals surface area contributed by atoms with Crippen LogP contribution in [-0.2, 0) is 23.9 Å². The number of thioether (sulfide) groups is 1. The number of fused-ring (bicyclic) bond motifs is 1. The molecule has 35 heavy (non-hydrogen) atoms. The number of allylic oxidation sites excluding steroid dienone is 1. The quantitative estimate of drug-likeness (QED) is 0.346. The molecule has 2 aliphatic heterocycles. The Balaban J connectivity index is 1.67. The summed E-state index contributed by atoms with van der Waals surface area (Å²) >= 11 is 1.24. The van der Waals surface area contributed by atoms with Gasteiger partial charge in [-0.15, -0.1) is 11.8 Å². The second-order valence-electron chi connectivity index (χ2n) is 7.79. The minimum Gasteiger partial charge on any atom is -0.448 e. The van der Waals surface area contributed by atoms with E-state index in [1.54, 1.807) is 6.07 Å². The average molecular weight is 488 g/mol. The number of ether oxygens (including phenoxy) is 1. The lowest BCUT2D eigenvalue weighted by atomic mass is 9.99. The molecule has 2 aromatic carbocycles. The zero-order valence-corrected chi connectivity index (χ0v) is 19.4. The third-order valence-corrected chi connectivity index (χ3v) is 6.91. The Morgan fingerprint density at radius 1 is 1.14 bits per heavy atom. The van der Waals surface area contributed by atoms with Crippen molar-refractivity contribution in [3.8, 4) is 6.07 Å². The predicted molar refractivity (Wildman–Crippen MR) is 128 cm³/mol. The summed E-state index contributed by atoms with van der Waals surface area (Å²) in [6.07, 6.45) is -0.0682. The fourth-order valence-corrected chi connectivity index (χ4v) is 5.32. The fraction of sp³-hybridized carbons (Fsp3) is 0.192. The molecule has 2 aliphatic rings. The van der Waals surface area contributed by atoms with Crippen molar-refractivity contribution in [2.75, 3.05) is 5.75 Å². The van der Waals surface area contributed by atoms with Gasteiger partial charge < -0.3 is 10.1 Å². The zero-order valence-electron chi connectivity index (χ0n) is 18.5. The SMILES string of the molecule is C=CC(=O)C1=C(C(=O)OC(c2ccccc2)c2ccccc2)N2C(=O)C(NC(=O)CC#N)[C@H]2SC1. The van der Waals surface area contributed by atoms with Crippen LogP contribution in [0.5, 0.6) is 0 Å². The summed E-state index contributed by atoms with van der Waals surface area (Å²) in [5.41, 5.74) is 1.41. The molecule has 0 bridgehead atoms. The number of hydrogen-bond donors (Lipinski definition) is 1. The first-order chi connectivity index (χ1) is 17.0. The summed E-state index contributed by atoms with van der Waals surface area (Å²) < 4.78 is 5.93. The Bertz CT molecular complexity index is 1210. The largest absolute Gasteiger partial charge is 0.448 e. The summed E-state index contributed by atoms with van der Waals surface area (Å²) in [6, 6.07) is 19.1. The van der Waals surface area contributed by atoms with Gasteiger partial charge in [0.2, 0.25) is 5.91 Å². The number of β-lactam (4-membered cyclic amide) rings is 1. The number of amides is 2. The number of esters is 1. The topological polar surface area (TPSA) is 117 Å². The van der Waals surface area contributed by atoms with E-state index in [9.17, 15) is 19.2 Å². The number of nitriles is 1. The van der Waals surface area contributed by atoms with Crippen molar-refractivity contribution in [3.63, 3.8) is 0 Å². The van der Waals surface area contributed by atoms with Crippen molar-refractivity contribution in [2.24, 2.45) is 0 Å². The Kier molecular flexibility index (Phi) is 7.13. The third kappa shape index (κ3) is 4.74. The standard InChI is InChI=1S/C26H21N3O5S/c1-2-19(30)18-15-35-25-21(28-20(31)13-14-27)24(32)29(25)22(18)26(33)34-23(16-9-5-3-6-10-16)17-11-7-4-8-12-17/h2-12,21,23,25H,1,13,15H2,(H,28,31)/t21?,25-/m1/s1. The lowest BCUT2D eigenvalue weighted by molar-refractivity contribution is -0.154. The van der Waals surface area contributed by atoms with Crippen LogP contribution in [0.3, 0.4) is 0 Å². The highest BCUT2D eigenvalue weighted by Crippen LogP contribution is 2.42. The highest BCUT2D eigenvalue weighted by Gasteiger charge is 2.55. The molecule has 4 rings (SSSR count). The van der Waals surface area contributed by atoms with Crippen molar-refractivity contribution in [3.05, 3.63) is 95.7 Å². The van der Waals surface area contributed by atoms with Crippen LogP contribution in [-0.4, -0.2) is 45.6 Å². The van der Waals surface area contributed by atoms with E-state index < -0.39 is 41.1 Å². The zero-order chi connectivity index (χ0) is 24.9. The monoisotopic (exact) mass is 487 g/mol. The van der Waals surface area contributed by atoms with Gasteiger partial charge >= 0.3 is 5.97 Å². The molecule has 9 heteroatoms. The van der Waals surface area contributed by atoms with Crippen LogP contribution >= 0.6 is 11.8 Å². The number of benzene rings is 2. The minimum absolute atomic E-state index is 0.112. The first kappa shape index (κ1) is 24.0. The first-order valence-corrected chi connectivity index (χ1v) is 11.8. The molecule has 176 valence electrons. The van der Waals surface area contributed by atoms with Crippen LogP contribution in [0.25, 0.3) is 0 Å². The molecule has 2 heterocycles. The van der Waals surface area contributed by atoms with Crippen LogP contribution in [0.15, 0.2) is 84.6 Å². The Morgan fingerprint density at radius 2 is 1.74 bits per heavy atom. The molecule has 8 nitrogen and oxygen atoms in total. The van der Waals surface area contributed by atoms with Gasteiger partial charge in [0.15, 0.2) is 11.9 Å². The van der Waals surface area contributed by atoms with Crippen molar-refractivity contribution in [1.29, 1.82) is 5.26 Å². The molecule has 2 atom stereocenters. The van der Waals surface area contributed by atoms with Crippen molar-refractivity contribution < 1.29 is 23.9 Å². The van der Waals surface area contributed by atoms with Gasteiger partial charge in [0.1, 0.15) is 23.5 Å². The lowest BCUT2D eigenvalue weighted by Gasteiger charge is -2.49. The molecular weight excluding hydrogens is 466 g/mol. The van der Waals surface area contributed by atoms with Crippen LogP contribution in [0.4, 0.5) is 0 Å². The highest BCUT2D eigenvalue weighted by molar-refractivity contribution is 8.00. The molecule has 1 unspecified atom stereocenters. The first-order valence-electron chi connectivity index (χ1n) is 10.8. The van der Waals surface area contributed by atoms with Crippen molar-refractivity contribution in [1.82, 2.24) is 10.2 Å². The van der Waals surface area contributed by atoms with Gasteiger partial charge in [-0.3, -0.25) is 19.3 Å². The van der Waals surface area contributed by atoms with Crippen LogP contribution < -0.4 is 5.32 Å². The molecule has 0 saturated carbocycles. The molecule has 0 aliphatic carbocycles. The Labute approximate surface area is 206 Å². The highest BCUT2D eigenvalue weighted by atomic mass is 32.2. The van der Waals surface area contributed by atoms with Gasteiger partial charge in [-0.05, 0) is 17.2 Å². The van der Waals surface area contributed by atoms with Crippen molar-refractivity contribution in [2.45, 2.75) is 23.9 Å². The Hall–Kier alpha value is -4.16. The van der Waals surface area contributed by atoms with Gasteiger partial charge in [-0.2, -0.15) is 5.26 Å². The van der Waals surface area contributed by atoms with Gasteiger partial charge in [0.25, 0.3) is 5.91 Å². The number of nitrogens with one attached hydrogen (secondary N) is 1. The molecule has 2 aromatic rings. The normalized spacial score (nSPS) is 18.7. The molecule has 0 radical (unpaired) electrons. The van der Waals surface area contributed by atoms with Crippen molar-refractivity contribution >= 4 is 35.3 Å². The van der Waals surface area contributed by atoms with E-state index in [-0.39, 0.29) is 23.4 Å². The number of hydrogen-bond acceptors (Lipinski definition) is 7. The maximum Gasteiger partial charge on any atom is 0.356 e. The van der Waals surface area contributed by atoms with Gasteiger partial charge in [-0.1, -0.05) is 67.2 Å². The summed E-state index contributed by atoms with van der Waals surface area (Å²) in [5.74, 6) is -2.31. The van der Waals surface area contributed by atoms with E-state index in [4.69, 9.17) is 10.00 Å². The molecule has 0 aromatic heterocycles. The summed E-state index contributed by atoms with van der Waals surface area (Å²) in [6.45, 7) is 3.51. The maximum absolute atomic E-state index is 13.6. The van der Waals surface area contributed by atoms with Gasteiger partial charge in [0.05, 0.1) is 6.07 Å². The molecule has 1 saturated heterocycles. The maximum atomic E-state index is 13.6. The molecule has 2 amide bonds. The van der Waals surface area contributed by atoms with E-state index in [0.717, 1.165) is 17.2 Å². The molecule has 1 N–H and O–H groups in total. The second-order valence-corrected chi connectivity index (χ2v) is 8.90. The number of carbonyl (C=O) groups is 4. The minimum atomic E-state index is -0.900. The number of nitrogens with zero attached hydrogens (tertiary/aromatic N) is 2. The van der Waals surface area contributed by atoms with E-state index in [2.05, 4.69) is 11.9 Å². The van der Waals surface area contributed by atoms with Crippen LogP contribution in [0.2, 0.25) is 0 Å². The van der Waals surface area contributed by atoms with E-state index in [1.807, 2.05) is 60.7 Å². The number of rotatable bonds is 8. The van der Waals surface area contributed by atoms with Gasteiger partial charge in [0, 0.05) is 11.3 Å². The smallest absolute Gasteiger partial charge is 0.356 e. The fourth-order valence-electron chi connectivity index (χ4n) is 3.96. The molecular formula is C26H21N3O5S. The predicted octanol–water partition coefficient (Wildman–Crippen LogP) is 2.64. The van der Waals surface area contributed by atoms with E-state index >= 15 is 0 Å². The third-order valence-electron chi connectivity index (χ3n) is 5.63. The summed E-state index contributed by atoms with van der Waals surface area (Å²) in [4.78, 5) is 52.2. The second kappa shape index (κ2) is 10.4. The van der Waals surface area contributed by atoms with Crippen LogP contribution in [0.1, 0.15) is 23.7 Å².